The van der Waals surface area contributed by atoms with E-state index >= 15 is 0 Å². The van der Waals surface area contributed by atoms with Crippen LogP contribution in [0.2, 0.25) is 0 Å². The Bertz CT molecular complexity index is 660. The van der Waals surface area contributed by atoms with Crippen LogP contribution in [0.25, 0.3) is 0 Å². The van der Waals surface area contributed by atoms with Gasteiger partial charge in [-0.2, -0.15) is 0 Å². The van der Waals surface area contributed by atoms with Gasteiger partial charge in [-0.05, 0) is 38.1 Å². The van der Waals surface area contributed by atoms with E-state index < -0.39 is 6.10 Å². The highest BCUT2D eigenvalue weighted by atomic mass is 32.2. The molecule has 0 saturated carbocycles. The molecule has 6 nitrogen and oxygen atoms in total. The van der Waals surface area contributed by atoms with Crippen molar-refractivity contribution in [3.63, 3.8) is 0 Å². The molecule has 2 aromatic rings. The second-order valence-corrected chi connectivity index (χ2v) is 6.41. The van der Waals surface area contributed by atoms with Gasteiger partial charge in [0, 0.05) is 14.1 Å². The predicted octanol–water partition coefficient (Wildman–Crippen LogP) is 2.92. The summed E-state index contributed by atoms with van der Waals surface area (Å²) in [5.41, 5.74) is 0. The zero-order chi connectivity index (χ0) is 17.0. The van der Waals surface area contributed by atoms with Crippen LogP contribution >= 0.6 is 11.8 Å². The Labute approximate surface area is 138 Å². The van der Waals surface area contributed by atoms with Gasteiger partial charge in [0.1, 0.15) is 11.6 Å². The van der Waals surface area contributed by atoms with Crippen molar-refractivity contribution in [3.05, 3.63) is 36.0 Å². The van der Waals surface area contributed by atoms with Gasteiger partial charge in [0.2, 0.25) is 5.91 Å². The third-order valence-corrected chi connectivity index (χ3v) is 3.88. The van der Waals surface area contributed by atoms with Crippen LogP contribution in [0.4, 0.5) is 4.39 Å². The number of carbonyl (C=O) groups is 1. The van der Waals surface area contributed by atoms with E-state index in [1.54, 1.807) is 27.9 Å². The van der Waals surface area contributed by atoms with Crippen molar-refractivity contribution in [2.24, 2.45) is 0 Å². The molecule has 1 aromatic carbocycles. The lowest BCUT2D eigenvalue weighted by Crippen LogP contribution is -2.29. The summed E-state index contributed by atoms with van der Waals surface area (Å²) in [7, 11) is 3.38. The average molecular weight is 339 g/mol. The van der Waals surface area contributed by atoms with Crippen LogP contribution in [0.15, 0.2) is 33.9 Å². The molecule has 0 radical (unpaired) electrons. The minimum atomic E-state index is -0.484. The standard InChI is InChI=1S/C15H18FN3O3S/c1-9(21-12-7-5-11(16)6-8-12)13-17-18-15(22-13)23-10(2)14(20)19(3)4/h5-10H,1-4H3. The molecule has 0 spiro atoms. The summed E-state index contributed by atoms with van der Waals surface area (Å²) in [6.07, 6.45) is -0.484. The molecule has 1 amide bonds. The third-order valence-electron chi connectivity index (χ3n) is 2.96. The van der Waals surface area contributed by atoms with E-state index in [1.165, 1.54) is 40.9 Å². The van der Waals surface area contributed by atoms with Crippen LogP contribution < -0.4 is 4.74 Å². The Hall–Kier alpha value is -2.09. The molecule has 0 saturated heterocycles. The number of rotatable bonds is 6. The number of halogens is 1. The number of nitrogens with zero attached hydrogens (tertiary/aromatic N) is 3. The van der Waals surface area contributed by atoms with Crippen LogP contribution in [-0.2, 0) is 4.79 Å². The number of thioether (sulfide) groups is 1. The van der Waals surface area contributed by atoms with Crippen molar-refractivity contribution < 1.29 is 18.3 Å². The molecular weight excluding hydrogens is 321 g/mol. The first-order chi connectivity index (χ1) is 10.9. The summed E-state index contributed by atoms with van der Waals surface area (Å²) in [4.78, 5) is 13.3. The summed E-state index contributed by atoms with van der Waals surface area (Å²) in [6.45, 7) is 3.52. The summed E-state index contributed by atoms with van der Waals surface area (Å²) < 4.78 is 24.0. The molecule has 0 aliphatic heterocycles. The second kappa shape index (κ2) is 7.45. The molecular formula is C15H18FN3O3S. The number of benzene rings is 1. The van der Waals surface area contributed by atoms with Crippen molar-refractivity contribution in [2.75, 3.05) is 14.1 Å². The first-order valence-electron chi connectivity index (χ1n) is 7.00. The molecule has 0 aliphatic rings. The van der Waals surface area contributed by atoms with Crippen molar-refractivity contribution in [2.45, 2.75) is 30.4 Å². The monoisotopic (exact) mass is 339 g/mol. The number of carbonyl (C=O) groups excluding carboxylic acids is 1. The number of hydrogen-bond donors (Lipinski definition) is 0. The fourth-order valence-corrected chi connectivity index (χ4v) is 2.60. The van der Waals surface area contributed by atoms with E-state index in [0.29, 0.717) is 16.9 Å². The third kappa shape index (κ3) is 4.69. The van der Waals surface area contributed by atoms with Crippen molar-refractivity contribution in [1.82, 2.24) is 15.1 Å². The van der Waals surface area contributed by atoms with E-state index in [1.807, 2.05) is 0 Å². The molecule has 0 fully saturated rings. The summed E-state index contributed by atoms with van der Waals surface area (Å²) in [6, 6.07) is 5.67. The SMILES string of the molecule is CC(Sc1nnc(C(C)Oc2ccc(F)cc2)o1)C(=O)N(C)C. The van der Waals surface area contributed by atoms with Crippen LogP contribution in [-0.4, -0.2) is 40.3 Å². The maximum Gasteiger partial charge on any atom is 0.277 e. The number of ether oxygens (including phenoxy) is 1. The smallest absolute Gasteiger partial charge is 0.277 e. The fraction of sp³-hybridized carbons (Fsp3) is 0.400. The molecule has 1 aromatic heterocycles. The van der Waals surface area contributed by atoms with E-state index in [9.17, 15) is 9.18 Å². The Morgan fingerprint density at radius 2 is 1.91 bits per heavy atom. The van der Waals surface area contributed by atoms with Gasteiger partial charge >= 0.3 is 0 Å². The van der Waals surface area contributed by atoms with Crippen LogP contribution in [0.3, 0.4) is 0 Å². The molecule has 124 valence electrons. The summed E-state index contributed by atoms with van der Waals surface area (Å²) in [5.74, 6) is 0.426. The zero-order valence-corrected chi connectivity index (χ0v) is 14.1. The van der Waals surface area contributed by atoms with Crippen LogP contribution in [0, 0.1) is 5.82 Å². The lowest BCUT2D eigenvalue weighted by molar-refractivity contribution is -0.127. The first kappa shape index (κ1) is 17.3. The minimum Gasteiger partial charge on any atom is -0.481 e. The highest BCUT2D eigenvalue weighted by molar-refractivity contribution is 8.00. The summed E-state index contributed by atoms with van der Waals surface area (Å²) in [5, 5.41) is 7.81. The number of hydrogen-bond acceptors (Lipinski definition) is 6. The predicted molar refractivity (Wildman–Crippen MR) is 83.8 cm³/mol. The van der Waals surface area contributed by atoms with Crippen molar-refractivity contribution in [1.29, 1.82) is 0 Å². The highest BCUT2D eigenvalue weighted by Gasteiger charge is 2.21. The molecule has 23 heavy (non-hydrogen) atoms. The lowest BCUT2D eigenvalue weighted by atomic mass is 10.3. The quantitative estimate of drug-likeness (QED) is 0.754. The molecule has 2 atom stereocenters. The average Bonchev–Trinajstić information content (AvgIpc) is 2.97. The van der Waals surface area contributed by atoms with Gasteiger partial charge in [-0.25, -0.2) is 4.39 Å². The van der Waals surface area contributed by atoms with Gasteiger partial charge in [-0.3, -0.25) is 4.79 Å². The summed E-state index contributed by atoms with van der Waals surface area (Å²) >= 11 is 1.19. The largest absolute Gasteiger partial charge is 0.481 e. The Balaban J connectivity index is 1.98. The topological polar surface area (TPSA) is 68.5 Å². The lowest BCUT2D eigenvalue weighted by Gasteiger charge is -2.14. The van der Waals surface area contributed by atoms with E-state index in [-0.39, 0.29) is 17.0 Å². The maximum absolute atomic E-state index is 12.9. The van der Waals surface area contributed by atoms with Gasteiger partial charge < -0.3 is 14.1 Å². The van der Waals surface area contributed by atoms with E-state index in [4.69, 9.17) is 9.15 Å². The normalized spacial score (nSPS) is 13.4. The van der Waals surface area contributed by atoms with E-state index in [0.717, 1.165) is 0 Å². The molecule has 0 aliphatic carbocycles. The van der Waals surface area contributed by atoms with Crippen molar-refractivity contribution >= 4 is 17.7 Å². The molecule has 1 heterocycles. The minimum absolute atomic E-state index is 0.0367. The van der Waals surface area contributed by atoms with Gasteiger partial charge in [0.05, 0.1) is 5.25 Å². The Kier molecular flexibility index (Phi) is 5.59. The van der Waals surface area contributed by atoms with Crippen LogP contribution in [0.5, 0.6) is 5.75 Å². The van der Waals surface area contributed by atoms with E-state index in [2.05, 4.69) is 10.2 Å². The highest BCUT2D eigenvalue weighted by Crippen LogP contribution is 2.26. The number of amides is 1. The zero-order valence-electron chi connectivity index (χ0n) is 13.3. The maximum atomic E-state index is 12.9. The van der Waals surface area contributed by atoms with Gasteiger partial charge in [0.15, 0.2) is 6.10 Å². The van der Waals surface area contributed by atoms with Gasteiger partial charge in [0.25, 0.3) is 11.1 Å². The molecule has 2 unspecified atom stereocenters. The van der Waals surface area contributed by atoms with Gasteiger partial charge in [-0.1, -0.05) is 11.8 Å². The molecule has 0 N–H and O–H groups in total. The van der Waals surface area contributed by atoms with Crippen molar-refractivity contribution in [3.8, 4) is 5.75 Å². The molecule has 2 rings (SSSR count). The van der Waals surface area contributed by atoms with Crippen LogP contribution in [0.1, 0.15) is 25.8 Å². The molecule has 8 heteroatoms. The fourth-order valence-electron chi connectivity index (χ4n) is 1.77. The second-order valence-electron chi connectivity index (χ2n) is 5.11. The van der Waals surface area contributed by atoms with Gasteiger partial charge in [-0.15, -0.1) is 10.2 Å². The Morgan fingerprint density at radius 1 is 1.26 bits per heavy atom. The molecule has 0 bridgehead atoms. The Morgan fingerprint density at radius 3 is 2.52 bits per heavy atom. The first-order valence-corrected chi connectivity index (χ1v) is 7.88. The number of aromatic nitrogens is 2.